The Morgan fingerprint density at radius 1 is 1.32 bits per heavy atom. The van der Waals surface area contributed by atoms with Crippen LogP contribution in [-0.4, -0.2) is 50.3 Å². The van der Waals surface area contributed by atoms with Crippen molar-refractivity contribution in [2.75, 3.05) is 19.8 Å². The van der Waals surface area contributed by atoms with E-state index in [1.807, 2.05) is 0 Å². The Labute approximate surface area is 113 Å². The molecule has 5 nitrogen and oxygen atoms in total. The van der Waals surface area contributed by atoms with Crippen LogP contribution in [0.2, 0.25) is 0 Å². The van der Waals surface area contributed by atoms with Gasteiger partial charge in [-0.3, -0.25) is 4.79 Å². The summed E-state index contributed by atoms with van der Waals surface area (Å²) in [5, 5.41) is 9.23. The molecule has 1 amide bonds. The molecule has 0 heterocycles. The molecule has 0 spiro atoms. The number of carbonyl (C=O) groups excluding carboxylic acids is 1. The highest BCUT2D eigenvalue weighted by Crippen LogP contribution is 2.10. The number of aliphatic hydroxyl groups is 1. The van der Waals surface area contributed by atoms with Crippen molar-refractivity contribution in [3.05, 3.63) is 35.4 Å². The number of carbonyl (C=O) groups is 1. The Kier molecular flexibility index (Phi) is 5.08. The second kappa shape index (κ2) is 6.16. The molecule has 1 atom stereocenters. The van der Waals surface area contributed by atoms with Crippen molar-refractivity contribution in [1.29, 1.82) is 0 Å². The van der Waals surface area contributed by atoms with E-state index in [4.69, 9.17) is 0 Å². The lowest BCUT2D eigenvalue weighted by Gasteiger charge is -2.18. The standard InChI is InChI=1S/C13H19NO4S/c1-10(15)8-14(2)13(16)12-6-4-11(5-7-12)9-19(3,17)18/h4-7,10,15H,8-9H2,1-3H3. The predicted molar refractivity (Wildman–Crippen MR) is 73.6 cm³/mol. The van der Waals surface area contributed by atoms with E-state index in [9.17, 15) is 18.3 Å². The molecule has 0 saturated carbocycles. The fourth-order valence-corrected chi connectivity index (χ4v) is 2.54. The van der Waals surface area contributed by atoms with E-state index >= 15 is 0 Å². The minimum atomic E-state index is -3.07. The maximum Gasteiger partial charge on any atom is 0.253 e. The normalized spacial score (nSPS) is 13.1. The van der Waals surface area contributed by atoms with Gasteiger partial charge in [-0.15, -0.1) is 0 Å². The molecule has 0 aromatic heterocycles. The van der Waals surface area contributed by atoms with Crippen LogP contribution >= 0.6 is 0 Å². The summed E-state index contributed by atoms with van der Waals surface area (Å²) in [5.74, 6) is -0.239. The monoisotopic (exact) mass is 285 g/mol. The molecular formula is C13H19NO4S. The third-order valence-corrected chi connectivity index (χ3v) is 3.37. The van der Waals surface area contributed by atoms with Crippen LogP contribution in [0.5, 0.6) is 0 Å². The molecule has 1 unspecified atom stereocenters. The second-order valence-corrected chi connectivity index (χ2v) is 6.94. The van der Waals surface area contributed by atoms with E-state index < -0.39 is 15.9 Å². The predicted octanol–water partition coefficient (Wildman–Crippen LogP) is 0.684. The van der Waals surface area contributed by atoms with E-state index in [0.717, 1.165) is 0 Å². The molecule has 0 saturated heterocycles. The van der Waals surface area contributed by atoms with E-state index in [-0.39, 0.29) is 18.2 Å². The number of hydrogen-bond donors (Lipinski definition) is 1. The van der Waals surface area contributed by atoms with Crippen molar-refractivity contribution in [2.24, 2.45) is 0 Å². The lowest BCUT2D eigenvalue weighted by Crippen LogP contribution is -2.33. The number of benzene rings is 1. The number of aliphatic hydroxyl groups excluding tert-OH is 1. The first-order valence-electron chi connectivity index (χ1n) is 5.89. The average molecular weight is 285 g/mol. The smallest absolute Gasteiger partial charge is 0.253 e. The third-order valence-electron chi connectivity index (χ3n) is 2.51. The van der Waals surface area contributed by atoms with E-state index in [1.54, 1.807) is 38.2 Å². The van der Waals surface area contributed by atoms with Gasteiger partial charge in [-0.05, 0) is 24.6 Å². The van der Waals surface area contributed by atoms with Crippen LogP contribution in [0.15, 0.2) is 24.3 Å². The molecule has 0 fully saturated rings. The van der Waals surface area contributed by atoms with E-state index in [1.165, 1.54) is 11.2 Å². The zero-order chi connectivity index (χ0) is 14.6. The van der Waals surface area contributed by atoms with Crippen LogP contribution in [0.3, 0.4) is 0 Å². The molecule has 19 heavy (non-hydrogen) atoms. The molecule has 0 aliphatic carbocycles. The first-order valence-corrected chi connectivity index (χ1v) is 7.95. The fraction of sp³-hybridized carbons (Fsp3) is 0.462. The number of sulfone groups is 1. The molecule has 1 rings (SSSR count). The van der Waals surface area contributed by atoms with E-state index in [0.29, 0.717) is 11.1 Å². The summed E-state index contributed by atoms with van der Waals surface area (Å²) < 4.78 is 22.3. The maximum atomic E-state index is 12.0. The largest absolute Gasteiger partial charge is 0.392 e. The molecule has 6 heteroatoms. The van der Waals surface area contributed by atoms with Crippen molar-refractivity contribution >= 4 is 15.7 Å². The van der Waals surface area contributed by atoms with Gasteiger partial charge in [0.2, 0.25) is 0 Å². The number of likely N-dealkylation sites (N-methyl/N-ethyl adjacent to an activating group) is 1. The summed E-state index contributed by atoms with van der Waals surface area (Å²) in [7, 11) is -1.46. The van der Waals surface area contributed by atoms with Gasteiger partial charge in [0.25, 0.3) is 5.91 Å². The highest BCUT2D eigenvalue weighted by molar-refractivity contribution is 7.89. The number of amides is 1. The molecule has 1 aromatic rings. The van der Waals surface area contributed by atoms with Gasteiger partial charge in [0.15, 0.2) is 9.84 Å². The van der Waals surface area contributed by atoms with Gasteiger partial charge in [0.05, 0.1) is 11.9 Å². The summed E-state index contributed by atoms with van der Waals surface area (Å²) >= 11 is 0. The van der Waals surface area contributed by atoms with Crippen LogP contribution < -0.4 is 0 Å². The highest BCUT2D eigenvalue weighted by atomic mass is 32.2. The minimum absolute atomic E-state index is 0.0367. The summed E-state index contributed by atoms with van der Waals surface area (Å²) in [6, 6.07) is 6.46. The fourth-order valence-electron chi connectivity index (χ4n) is 1.75. The Hall–Kier alpha value is -1.40. The SMILES string of the molecule is CC(O)CN(C)C(=O)c1ccc(CS(C)(=O)=O)cc1. The van der Waals surface area contributed by atoms with Gasteiger partial charge in [0.1, 0.15) is 0 Å². The average Bonchev–Trinajstić information content (AvgIpc) is 2.26. The van der Waals surface area contributed by atoms with Gasteiger partial charge in [0, 0.05) is 25.4 Å². The van der Waals surface area contributed by atoms with Gasteiger partial charge in [-0.2, -0.15) is 0 Å². The number of hydrogen-bond acceptors (Lipinski definition) is 4. The highest BCUT2D eigenvalue weighted by Gasteiger charge is 2.13. The Morgan fingerprint density at radius 3 is 2.26 bits per heavy atom. The van der Waals surface area contributed by atoms with Crippen LogP contribution in [0.1, 0.15) is 22.8 Å². The van der Waals surface area contributed by atoms with E-state index in [2.05, 4.69) is 0 Å². The molecule has 0 aliphatic heterocycles. The summed E-state index contributed by atoms with van der Waals surface area (Å²) in [6.45, 7) is 1.86. The zero-order valence-electron chi connectivity index (χ0n) is 11.3. The summed E-state index contributed by atoms with van der Waals surface area (Å²) in [6.07, 6.45) is 0.584. The molecule has 1 N–H and O–H groups in total. The van der Waals surface area contributed by atoms with Crippen LogP contribution in [0.4, 0.5) is 0 Å². The maximum absolute atomic E-state index is 12.0. The van der Waals surface area contributed by atoms with Crippen molar-refractivity contribution < 1.29 is 18.3 Å². The Balaban J connectivity index is 2.78. The summed E-state index contributed by atoms with van der Waals surface area (Å²) in [5.41, 5.74) is 1.12. The molecule has 0 aliphatic rings. The Morgan fingerprint density at radius 2 is 1.84 bits per heavy atom. The van der Waals surface area contributed by atoms with Gasteiger partial charge in [-0.25, -0.2) is 8.42 Å². The lowest BCUT2D eigenvalue weighted by atomic mass is 10.1. The third kappa shape index (κ3) is 5.40. The zero-order valence-corrected chi connectivity index (χ0v) is 12.1. The first-order chi connectivity index (χ1) is 8.69. The molecule has 106 valence electrons. The van der Waals surface area contributed by atoms with Crippen molar-refractivity contribution in [1.82, 2.24) is 4.90 Å². The van der Waals surface area contributed by atoms with Crippen LogP contribution in [-0.2, 0) is 15.6 Å². The molecular weight excluding hydrogens is 266 g/mol. The Bertz CT molecular complexity index is 534. The number of nitrogens with zero attached hydrogens (tertiary/aromatic N) is 1. The second-order valence-electron chi connectivity index (χ2n) is 4.80. The number of rotatable bonds is 5. The van der Waals surface area contributed by atoms with Crippen molar-refractivity contribution in [2.45, 2.75) is 18.8 Å². The minimum Gasteiger partial charge on any atom is -0.392 e. The molecule has 1 aromatic carbocycles. The topological polar surface area (TPSA) is 74.7 Å². The lowest BCUT2D eigenvalue weighted by molar-refractivity contribution is 0.0703. The quantitative estimate of drug-likeness (QED) is 0.863. The van der Waals surface area contributed by atoms with Crippen LogP contribution in [0, 0.1) is 0 Å². The van der Waals surface area contributed by atoms with Crippen LogP contribution in [0.25, 0.3) is 0 Å². The molecule has 0 radical (unpaired) electrons. The molecule has 0 bridgehead atoms. The first kappa shape index (κ1) is 15.7. The van der Waals surface area contributed by atoms with Gasteiger partial charge >= 0.3 is 0 Å². The summed E-state index contributed by atoms with van der Waals surface area (Å²) in [4.78, 5) is 13.4. The van der Waals surface area contributed by atoms with Gasteiger partial charge in [-0.1, -0.05) is 12.1 Å². The van der Waals surface area contributed by atoms with Gasteiger partial charge < -0.3 is 10.0 Å². The van der Waals surface area contributed by atoms with Crippen molar-refractivity contribution in [3.8, 4) is 0 Å². The van der Waals surface area contributed by atoms with Crippen molar-refractivity contribution in [3.63, 3.8) is 0 Å².